The van der Waals surface area contributed by atoms with Crippen LogP contribution in [0.1, 0.15) is 42.4 Å². The first-order valence-electron chi connectivity index (χ1n) is 6.67. The minimum atomic E-state index is 0.323. The third-order valence-corrected chi connectivity index (χ3v) is 3.93. The van der Waals surface area contributed by atoms with Crippen molar-refractivity contribution >= 4 is 11.6 Å². The molecule has 1 nitrogen and oxygen atoms in total. The van der Waals surface area contributed by atoms with Crippen LogP contribution >= 0.6 is 11.6 Å². The third kappa shape index (κ3) is 3.17. The van der Waals surface area contributed by atoms with E-state index < -0.39 is 0 Å². The van der Waals surface area contributed by atoms with Crippen LogP contribution in [0.15, 0.2) is 48.5 Å². The predicted octanol–water partition coefficient (Wildman–Crippen LogP) is 4.55. The van der Waals surface area contributed by atoms with Gasteiger partial charge in [0.15, 0.2) is 0 Å². The molecule has 0 amide bonds. The summed E-state index contributed by atoms with van der Waals surface area (Å²) in [5.74, 6) is 0.696. The van der Waals surface area contributed by atoms with Crippen LogP contribution in [0.4, 0.5) is 0 Å². The smallest absolute Gasteiger partial charge is 0.0408 e. The Balaban J connectivity index is 2.41. The van der Waals surface area contributed by atoms with Gasteiger partial charge in [-0.1, -0.05) is 61.8 Å². The van der Waals surface area contributed by atoms with Crippen LogP contribution in [-0.4, -0.2) is 6.54 Å². The summed E-state index contributed by atoms with van der Waals surface area (Å²) in [6.45, 7) is 5.05. The molecular weight excluding hydrogens is 254 g/mol. The highest BCUT2D eigenvalue weighted by atomic mass is 35.5. The maximum Gasteiger partial charge on any atom is 0.0408 e. The van der Waals surface area contributed by atoms with Gasteiger partial charge in [0.1, 0.15) is 0 Å². The van der Waals surface area contributed by atoms with Crippen LogP contribution in [0.2, 0.25) is 5.02 Å². The van der Waals surface area contributed by atoms with Crippen LogP contribution in [0, 0.1) is 0 Å². The van der Waals surface area contributed by atoms with Crippen LogP contribution < -0.4 is 5.73 Å². The SMILES string of the molecule is CC(CN)c1ccccc1C(C)c1cccc(Cl)c1. The summed E-state index contributed by atoms with van der Waals surface area (Å²) in [6, 6.07) is 16.6. The summed E-state index contributed by atoms with van der Waals surface area (Å²) in [6.07, 6.45) is 0. The Morgan fingerprint density at radius 1 is 1.00 bits per heavy atom. The van der Waals surface area contributed by atoms with E-state index in [0.717, 1.165) is 5.02 Å². The lowest BCUT2D eigenvalue weighted by Gasteiger charge is -2.20. The number of nitrogens with two attached hydrogens (primary N) is 1. The van der Waals surface area contributed by atoms with E-state index in [2.05, 4.69) is 44.2 Å². The second kappa shape index (κ2) is 6.23. The van der Waals surface area contributed by atoms with Gasteiger partial charge in [0, 0.05) is 10.9 Å². The summed E-state index contributed by atoms with van der Waals surface area (Å²) in [7, 11) is 0. The molecule has 19 heavy (non-hydrogen) atoms. The Morgan fingerprint density at radius 3 is 2.32 bits per heavy atom. The zero-order valence-corrected chi connectivity index (χ0v) is 12.2. The van der Waals surface area contributed by atoms with Crippen LogP contribution in [0.25, 0.3) is 0 Å². The second-order valence-electron chi connectivity index (χ2n) is 5.04. The molecule has 2 rings (SSSR count). The van der Waals surface area contributed by atoms with Crippen LogP contribution in [0.3, 0.4) is 0 Å². The molecule has 2 N–H and O–H groups in total. The maximum atomic E-state index is 6.09. The van der Waals surface area contributed by atoms with Gasteiger partial charge in [-0.05, 0) is 41.3 Å². The number of hydrogen-bond donors (Lipinski definition) is 1. The molecule has 0 saturated carbocycles. The maximum absolute atomic E-state index is 6.09. The first-order valence-corrected chi connectivity index (χ1v) is 7.05. The van der Waals surface area contributed by atoms with Crippen molar-refractivity contribution < 1.29 is 0 Å². The second-order valence-corrected chi connectivity index (χ2v) is 5.48. The topological polar surface area (TPSA) is 26.0 Å². The quantitative estimate of drug-likeness (QED) is 0.869. The molecule has 100 valence electrons. The lowest BCUT2D eigenvalue weighted by Crippen LogP contribution is -2.12. The fourth-order valence-electron chi connectivity index (χ4n) is 2.44. The summed E-state index contributed by atoms with van der Waals surface area (Å²) < 4.78 is 0. The standard InChI is InChI=1S/C17H20ClN/c1-12(11-19)16-8-3-4-9-17(16)13(2)14-6-5-7-15(18)10-14/h3-10,12-13H,11,19H2,1-2H3. The average Bonchev–Trinajstić information content (AvgIpc) is 2.45. The van der Waals surface area contributed by atoms with Crippen molar-refractivity contribution in [2.45, 2.75) is 25.7 Å². The zero-order chi connectivity index (χ0) is 13.8. The highest BCUT2D eigenvalue weighted by Gasteiger charge is 2.15. The number of rotatable bonds is 4. The van der Waals surface area contributed by atoms with Gasteiger partial charge in [0.05, 0.1) is 0 Å². The van der Waals surface area contributed by atoms with Crippen molar-refractivity contribution in [3.05, 3.63) is 70.2 Å². The monoisotopic (exact) mass is 273 g/mol. The van der Waals surface area contributed by atoms with E-state index >= 15 is 0 Å². The van der Waals surface area contributed by atoms with Crippen molar-refractivity contribution in [3.8, 4) is 0 Å². The van der Waals surface area contributed by atoms with Gasteiger partial charge >= 0.3 is 0 Å². The average molecular weight is 274 g/mol. The van der Waals surface area contributed by atoms with Crippen molar-refractivity contribution in [2.75, 3.05) is 6.54 Å². The number of hydrogen-bond acceptors (Lipinski definition) is 1. The lowest BCUT2D eigenvalue weighted by molar-refractivity contribution is 0.749. The van der Waals surface area contributed by atoms with E-state index in [1.54, 1.807) is 0 Å². The highest BCUT2D eigenvalue weighted by Crippen LogP contribution is 2.31. The minimum Gasteiger partial charge on any atom is -0.330 e. The molecule has 2 heteroatoms. The molecular formula is C17H20ClN. The number of halogens is 1. The van der Waals surface area contributed by atoms with E-state index in [-0.39, 0.29) is 0 Å². The fourth-order valence-corrected chi connectivity index (χ4v) is 2.64. The predicted molar refractivity (Wildman–Crippen MR) is 82.9 cm³/mol. The minimum absolute atomic E-state index is 0.323. The van der Waals surface area contributed by atoms with Gasteiger partial charge < -0.3 is 5.73 Å². The Bertz CT molecular complexity index is 550. The van der Waals surface area contributed by atoms with Crippen molar-refractivity contribution in [1.29, 1.82) is 0 Å². The summed E-state index contributed by atoms with van der Waals surface area (Å²) in [4.78, 5) is 0. The molecule has 0 aliphatic carbocycles. The van der Waals surface area contributed by atoms with Gasteiger partial charge in [0.2, 0.25) is 0 Å². The molecule has 2 unspecified atom stereocenters. The Morgan fingerprint density at radius 2 is 1.68 bits per heavy atom. The van der Waals surface area contributed by atoms with E-state index in [9.17, 15) is 0 Å². The van der Waals surface area contributed by atoms with E-state index in [0.29, 0.717) is 18.4 Å². The van der Waals surface area contributed by atoms with Crippen LogP contribution in [-0.2, 0) is 0 Å². The molecule has 0 aromatic heterocycles. The highest BCUT2D eigenvalue weighted by molar-refractivity contribution is 6.30. The first kappa shape index (κ1) is 14.1. The molecule has 0 fully saturated rings. The van der Waals surface area contributed by atoms with E-state index in [1.807, 2.05) is 18.2 Å². The number of benzene rings is 2. The van der Waals surface area contributed by atoms with E-state index in [4.69, 9.17) is 17.3 Å². The Hall–Kier alpha value is -1.31. The Labute approximate surface area is 120 Å². The van der Waals surface area contributed by atoms with Gasteiger partial charge in [-0.25, -0.2) is 0 Å². The molecule has 0 spiro atoms. The summed E-state index contributed by atoms with van der Waals surface area (Å²) >= 11 is 6.09. The molecule has 0 heterocycles. The summed E-state index contributed by atoms with van der Waals surface area (Å²) in [5.41, 5.74) is 9.72. The molecule has 2 aromatic carbocycles. The van der Waals surface area contributed by atoms with Crippen molar-refractivity contribution in [2.24, 2.45) is 5.73 Å². The van der Waals surface area contributed by atoms with Crippen LogP contribution in [0.5, 0.6) is 0 Å². The zero-order valence-electron chi connectivity index (χ0n) is 11.4. The van der Waals surface area contributed by atoms with Gasteiger partial charge in [0.25, 0.3) is 0 Å². The van der Waals surface area contributed by atoms with Gasteiger partial charge in [-0.15, -0.1) is 0 Å². The normalized spacial score (nSPS) is 14.1. The molecule has 0 aliphatic rings. The molecule has 0 radical (unpaired) electrons. The lowest BCUT2D eigenvalue weighted by atomic mass is 9.85. The molecule has 2 aromatic rings. The fraction of sp³-hybridized carbons (Fsp3) is 0.294. The van der Waals surface area contributed by atoms with Gasteiger partial charge in [-0.2, -0.15) is 0 Å². The first-order chi connectivity index (χ1) is 9.13. The molecule has 0 aliphatic heterocycles. The Kier molecular flexibility index (Phi) is 4.62. The molecule has 0 bridgehead atoms. The van der Waals surface area contributed by atoms with Crippen molar-refractivity contribution in [1.82, 2.24) is 0 Å². The van der Waals surface area contributed by atoms with Gasteiger partial charge in [-0.3, -0.25) is 0 Å². The van der Waals surface area contributed by atoms with Crippen molar-refractivity contribution in [3.63, 3.8) is 0 Å². The third-order valence-electron chi connectivity index (χ3n) is 3.70. The molecule has 2 atom stereocenters. The summed E-state index contributed by atoms with van der Waals surface area (Å²) in [5, 5.41) is 0.786. The van der Waals surface area contributed by atoms with E-state index in [1.165, 1.54) is 16.7 Å². The largest absolute Gasteiger partial charge is 0.330 e. The molecule has 0 saturated heterocycles.